The summed E-state index contributed by atoms with van der Waals surface area (Å²) in [5.74, 6) is 0. The second-order valence-electron chi connectivity index (χ2n) is 4.86. The van der Waals surface area contributed by atoms with Crippen molar-refractivity contribution in [2.45, 2.75) is 26.7 Å². The van der Waals surface area contributed by atoms with Gasteiger partial charge in [-0.25, -0.2) is 0 Å². The van der Waals surface area contributed by atoms with Crippen LogP contribution in [0.25, 0.3) is 0 Å². The van der Waals surface area contributed by atoms with Crippen LogP contribution in [-0.2, 0) is 12.8 Å². The van der Waals surface area contributed by atoms with Crippen LogP contribution in [0.15, 0.2) is 61.2 Å². The van der Waals surface area contributed by atoms with E-state index in [2.05, 4.69) is 73.9 Å². The molecular weight excluding hydrogens is 242 g/mol. The van der Waals surface area contributed by atoms with Crippen LogP contribution in [0.3, 0.4) is 0 Å². The Morgan fingerprint density at radius 3 is 2.30 bits per heavy atom. The Balaban J connectivity index is 2.52. The molecule has 0 aliphatic heterocycles. The summed E-state index contributed by atoms with van der Waals surface area (Å²) < 4.78 is 0. The molecule has 0 aromatic heterocycles. The normalized spacial score (nSPS) is 10.3. The number of para-hydroxylation sites is 1. The standard InChI is InChI=1S/C19H23N/c1-4-15-20(17-12-8-7-9-13-17)19-14-10-11-16(5-2)18(19)6-3/h4,7-14H,1,5-6,15H2,2-3H3. The molecule has 104 valence electrons. The van der Waals surface area contributed by atoms with Crippen LogP contribution in [-0.4, -0.2) is 6.54 Å². The van der Waals surface area contributed by atoms with Crippen LogP contribution in [0.5, 0.6) is 0 Å². The van der Waals surface area contributed by atoms with Crippen molar-refractivity contribution < 1.29 is 0 Å². The van der Waals surface area contributed by atoms with Gasteiger partial charge in [0.15, 0.2) is 0 Å². The third kappa shape index (κ3) is 2.93. The molecule has 0 N–H and O–H groups in total. The smallest absolute Gasteiger partial charge is 0.0448 e. The molecule has 20 heavy (non-hydrogen) atoms. The van der Waals surface area contributed by atoms with Gasteiger partial charge in [-0.1, -0.05) is 50.3 Å². The summed E-state index contributed by atoms with van der Waals surface area (Å²) in [6.07, 6.45) is 4.10. The molecule has 0 spiro atoms. The Morgan fingerprint density at radius 2 is 1.70 bits per heavy atom. The van der Waals surface area contributed by atoms with E-state index in [0.717, 1.165) is 19.4 Å². The van der Waals surface area contributed by atoms with Crippen LogP contribution >= 0.6 is 0 Å². The molecule has 0 aliphatic carbocycles. The third-order valence-electron chi connectivity index (χ3n) is 3.65. The predicted octanol–water partition coefficient (Wildman–Crippen LogP) is 5.14. The summed E-state index contributed by atoms with van der Waals surface area (Å²) in [6.45, 7) is 9.18. The fourth-order valence-electron chi connectivity index (χ4n) is 2.69. The molecule has 0 fully saturated rings. The molecule has 1 heteroatoms. The summed E-state index contributed by atoms with van der Waals surface area (Å²) in [4.78, 5) is 2.34. The maximum Gasteiger partial charge on any atom is 0.0448 e. The Labute approximate surface area is 122 Å². The minimum absolute atomic E-state index is 0.824. The average molecular weight is 265 g/mol. The van der Waals surface area contributed by atoms with E-state index in [0.29, 0.717) is 0 Å². The van der Waals surface area contributed by atoms with E-state index in [-0.39, 0.29) is 0 Å². The van der Waals surface area contributed by atoms with E-state index in [1.165, 1.54) is 22.5 Å². The number of anilines is 2. The number of hydrogen-bond acceptors (Lipinski definition) is 1. The second-order valence-corrected chi connectivity index (χ2v) is 4.86. The zero-order valence-electron chi connectivity index (χ0n) is 12.5. The highest BCUT2D eigenvalue weighted by atomic mass is 15.1. The number of hydrogen-bond donors (Lipinski definition) is 0. The predicted molar refractivity (Wildman–Crippen MR) is 88.8 cm³/mol. The summed E-state index contributed by atoms with van der Waals surface area (Å²) in [5, 5.41) is 0. The molecule has 2 rings (SSSR count). The molecule has 1 nitrogen and oxygen atoms in total. The maximum atomic E-state index is 3.91. The van der Waals surface area contributed by atoms with Gasteiger partial charge in [0.05, 0.1) is 0 Å². The molecular formula is C19H23N. The first-order chi connectivity index (χ1) is 9.81. The quantitative estimate of drug-likeness (QED) is 0.654. The van der Waals surface area contributed by atoms with E-state index in [9.17, 15) is 0 Å². The minimum atomic E-state index is 0.824. The van der Waals surface area contributed by atoms with Crippen molar-refractivity contribution in [2.75, 3.05) is 11.4 Å². The van der Waals surface area contributed by atoms with E-state index in [1.807, 2.05) is 6.08 Å². The first kappa shape index (κ1) is 14.4. The molecule has 0 atom stereocenters. The van der Waals surface area contributed by atoms with Crippen molar-refractivity contribution in [3.8, 4) is 0 Å². The van der Waals surface area contributed by atoms with Crippen molar-refractivity contribution in [3.63, 3.8) is 0 Å². The van der Waals surface area contributed by atoms with Gasteiger partial charge in [0.2, 0.25) is 0 Å². The van der Waals surface area contributed by atoms with Crippen molar-refractivity contribution >= 4 is 11.4 Å². The van der Waals surface area contributed by atoms with Gasteiger partial charge in [0, 0.05) is 17.9 Å². The topological polar surface area (TPSA) is 3.24 Å². The van der Waals surface area contributed by atoms with E-state index < -0.39 is 0 Å². The first-order valence-corrected chi connectivity index (χ1v) is 7.36. The molecule has 0 saturated heterocycles. The number of nitrogens with zero attached hydrogens (tertiary/aromatic N) is 1. The Kier molecular flexibility index (Phi) is 5.00. The summed E-state index contributed by atoms with van der Waals surface area (Å²) in [5.41, 5.74) is 5.41. The van der Waals surface area contributed by atoms with Crippen molar-refractivity contribution in [1.82, 2.24) is 0 Å². The van der Waals surface area contributed by atoms with Crippen LogP contribution in [0.4, 0.5) is 11.4 Å². The lowest BCUT2D eigenvalue weighted by molar-refractivity contribution is 0.999. The minimum Gasteiger partial charge on any atom is -0.337 e. The molecule has 0 unspecified atom stereocenters. The molecule has 0 aliphatic rings. The molecule has 2 aromatic rings. The van der Waals surface area contributed by atoms with Gasteiger partial charge in [-0.3, -0.25) is 0 Å². The monoisotopic (exact) mass is 265 g/mol. The molecule has 0 heterocycles. The van der Waals surface area contributed by atoms with Gasteiger partial charge in [-0.2, -0.15) is 0 Å². The fraction of sp³-hybridized carbons (Fsp3) is 0.263. The third-order valence-corrected chi connectivity index (χ3v) is 3.65. The zero-order chi connectivity index (χ0) is 14.4. The van der Waals surface area contributed by atoms with Crippen LogP contribution in [0.2, 0.25) is 0 Å². The number of rotatable bonds is 6. The van der Waals surface area contributed by atoms with Gasteiger partial charge in [-0.05, 0) is 42.2 Å². The number of benzene rings is 2. The average Bonchev–Trinajstić information content (AvgIpc) is 2.52. The number of aryl methyl sites for hydroxylation is 1. The molecule has 0 amide bonds. The molecule has 0 radical (unpaired) electrons. The largest absolute Gasteiger partial charge is 0.337 e. The maximum absolute atomic E-state index is 3.91. The molecule has 0 bridgehead atoms. The SMILES string of the molecule is C=CCN(c1ccccc1)c1cccc(CC)c1CC. The van der Waals surface area contributed by atoms with Crippen molar-refractivity contribution in [2.24, 2.45) is 0 Å². The van der Waals surface area contributed by atoms with Crippen LogP contribution in [0, 0.1) is 0 Å². The molecule has 0 saturated carbocycles. The highest BCUT2D eigenvalue weighted by molar-refractivity contribution is 5.68. The first-order valence-electron chi connectivity index (χ1n) is 7.36. The van der Waals surface area contributed by atoms with Crippen molar-refractivity contribution in [1.29, 1.82) is 0 Å². The van der Waals surface area contributed by atoms with Gasteiger partial charge in [0.1, 0.15) is 0 Å². The van der Waals surface area contributed by atoms with E-state index >= 15 is 0 Å². The van der Waals surface area contributed by atoms with Crippen LogP contribution in [0.1, 0.15) is 25.0 Å². The lowest BCUT2D eigenvalue weighted by atomic mass is 9.99. The Hall–Kier alpha value is -2.02. The fourth-order valence-corrected chi connectivity index (χ4v) is 2.69. The van der Waals surface area contributed by atoms with E-state index in [4.69, 9.17) is 0 Å². The summed E-state index contributed by atoms with van der Waals surface area (Å²) in [7, 11) is 0. The highest BCUT2D eigenvalue weighted by Crippen LogP contribution is 2.31. The van der Waals surface area contributed by atoms with Crippen LogP contribution < -0.4 is 4.90 Å². The lowest BCUT2D eigenvalue weighted by Gasteiger charge is -2.27. The summed E-state index contributed by atoms with van der Waals surface area (Å²) >= 11 is 0. The van der Waals surface area contributed by atoms with Crippen molar-refractivity contribution in [3.05, 3.63) is 72.3 Å². The molecule has 2 aromatic carbocycles. The Morgan fingerprint density at radius 1 is 0.950 bits per heavy atom. The lowest BCUT2D eigenvalue weighted by Crippen LogP contribution is -2.18. The zero-order valence-corrected chi connectivity index (χ0v) is 12.5. The van der Waals surface area contributed by atoms with Gasteiger partial charge in [-0.15, -0.1) is 6.58 Å². The highest BCUT2D eigenvalue weighted by Gasteiger charge is 2.13. The van der Waals surface area contributed by atoms with E-state index in [1.54, 1.807) is 0 Å². The van der Waals surface area contributed by atoms with Gasteiger partial charge >= 0.3 is 0 Å². The Bertz CT molecular complexity index is 557. The second kappa shape index (κ2) is 6.95. The van der Waals surface area contributed by atoms with Gasteiger partial charge < -0.3 is 4.90 Å². The van der Waals surface area contributed by atoms with Gasteiger partial charge in [0.25, 0.3) is 0 Å². The summed E-state index contributed by atoms with van der Waals surface area (Å²) in [6, 6.07) is 17.1.